The molecule has 2 atom stereocenters. The zero-order valence-corrected chi connectivity index (χ0v) is 16.1. The van der Waals surface area contributed by atoms with Gasteiger partial charge in [0.05, 0.1) is 12.7 Å². The molecule has 0 aromatic heterocycles. The number of carbonyl (C=O) groups excluding carboxylic acids is 1. The van der Waals surface area contributed by atoms with Gasteiger partial charge >= 0.3 is 5.97 Å². The SMILES string of the molecule is CC[C@@H](C)N1C(=O)c2ccccc2N[C@@H]1c1ccc(OCC(=O)O)c(OC)c1. The number of rotatable bonds is 7. The molecule has 2 aromatic rings. The molecule has 28 heavy (non-hydrogen) atoms. The second-order valence-electron chi connectivity index (χ2n) is 6.65. The molecule has 1 aliphatic heterocycles. The molecule has 0 fully saturated rings. The molecule has 2 aromatic carbocycles. The summed E-state index contributed by atoms with van der Waals surface area (Å²) in [6.07, 6.45) is 0.433. The van der Waals surface area contributed by atoms with Crippen molar-refractivity contribution in [3.8, 4) is 11.5 Å². The van der Waals surface area contributed by atoms with Gasteiger partial charge in [0.15, 0.2) is 18.1 Å². The summed E-state index contributed by atoms with van der Waals surface area (Å²) in [7, 11) is 1.49. The van der Waals surface area contributed by atoms with Gasteiger partial charge in [-0.05, 0) is 43.2 Å². The summed E-state index contributed by atoms with van der Waals surface area (Å²) in [5.74, 6) is -0.341. The average Bonchev–Trinajstić information content (AvgIpc) is 2.71. The van der Waals surface area contributed by atoms with Crippen LogP contribution in [0.3, 0.4) is 0 Å². The van der Waals surface area contributed by atoms with Gasteiger partial charge in [-0.1, -0.05) is 25.1 Å². The van der Waals surface area contributed by atoms with E-state index >= 15 is 0 Å². The summed E-state index contributed by atoms with van der Waals surface area (Å²) < 4.78 is 10.7. The van der Waals surface area contributed by atoms with Crippen molar-refractivity contribution in [1.82, 2.24) is 4.90 Å². The largest absolute Gasteiger partial charge is 0.493 e. The maximum Gasteiger partial charge on any atom is 0.341 e. The van der Waals surface area contributed by atoms with Crippen molar-refractivity contribution in [2.24, 2.45) is 0 Å². The fourth-order valence-corrected chi connectivity index (χ4v) is 3.28. The van der Waals surface area contributed by atoms with Crippen molar-refractivity contribution in [3.63, 3.8) is 0 Å². The van der Waals surface area contributed by atoms with Gasteiger partial charge in [0, 0.05) is 11.7 Å². The van der Waals surface area contributed by atoms with Crippen LogP contribution < -0.4 is 14.8 Å². The van der Waals surface area contributed by atoms with Crippen molar-refractivity contribution < 1.29 is 24.2 Å². The van der Waals surface area contributed by atoms with Gasteiger partial charge in [0.25, 0.3) is 5.91 Å². The quantitative estimate of drug-likeness (QED) is 0.759. The molecule has 0 spiro atoms. The van der Waals surface area contributed by atoms with Crippen LogP contribution in [0.1, 0.15) is 42.4 Å². The number of anilines is 1. The molecule has 3 rings (SSSR count). The fourth-order valence-electron chi connectivity index (χ4n) is 3.28. The highest BCUT2D eigenvalue weighted by molar-refractivity contribution is 6.01. The Balaban J connectivity index is 2.00. The second kappa shape index (κ2) is 8.21. The van der Waals surface area contributed by atoms with E-state index in [4.69, 9.17) is 14.6 Å². The molecule has 0 saturated carbocycles. The van der Waals surface area contributed by atoms with Crippen LogP contribution in [-0.2, 0) is 4.79 Å². The molecule has 0 bridgehead atoms. The molecular weight excluding hydrogens is 360 g/mol. The number of para-hydroxylation sites is 1. The third-order valence-electron chi connectivity index (χ3n) is 4.88. The highest BCUT2D eigenvalue weighted by atomic mass is 16.5. The minimum atomic E-state index is -1.06. The van der Waals surface area contributed by atoms with Crippen molar-refractivity contribution in [2.45, 2.75) is 32.5 Å². The summed E-state index contributed by atoms with van der Waals surface area (Å²) in [4.78, 5) is 25.8. The number of aliphatic carboxylic acids is 1. The molecule has 0 radical (unpaired) electrons. The predicted molar refractivity (Wildman–Crippen MR) is 105 cm³/mol. The van der Waals surface area contributed by atoms with E-state index in [9.17, 15) is 9.59 Å². The van der Waals surface area contributed by atoms with Crippen LogP contribution in [0.2, 0.25) is 0 Å². The normalized spacial score (nSPS) is 16.8. The van der Waals surface area contributed by atoms with Crippen molar-refractivity contribution in [3.05, 3.63) is 53.6 Å². The first-order valence-electron chi connectivity index (χ1n) is 9.17. The van der Waals surface area contributed by atoms with Gasteiger partial charge in [-0.15, -0.1) is 0 Å². The monoisotopic (exact) mass is 384 g/mol. The summed E-state index contributed by atoms with van der Waals surface area (Å²) in [6, 6.07) is 12.7. The molecule has 1 heterocycles. The Morgan fingerprint density at radius 2 is 2.00 bits per heavy atom. The van der Waals surface area contributed by atoms with Gasteiger partial charge in [-0.2, -0.15) is 0 Å². The standard InChI is InChI=1S/C21H24N2O5/c1-4-13(2)23-20(22-16-8-6-5-7-15(16)21(23)26)14-9-10-17(18(11-14)27-3)28-12-19(24)25/h5-11,13,20,22H,4,12H2,1-3H3,(H,24,25)/t13-,20+/m1/s1. The molecule has 0 unspecified atom stereocenters. The Kier molecular flexibility index (Phi) is 5.73. The zero-order chi connectivity index (χ0) is 20.3. The Labute approximate surface area is 163 Å². The van der Waals surface area contributed by atoms with Gasteiger partial charge < -0.3 is 24.8 Å². The number of carbonyl (C=O) groups is 2. The van der Waals surface area contributed by atoms with E-state index in [1.807, 2.05) is 49.1 Å². The first-order chi connectivity index (χ1) is 13.5. The van der Waals surface area contributed by atoms with Crippen molar-refractivity contribution in [1.29, 1.82) is 0 Å². The van der Waals surface area contributed by atoms with Crippen molar-refractivity contribution >= 4 is 17.6 Å². The third kappa shape index (κ3) is 3.74. The van der Waals surface area contributed by atoms with Gasteiger partial charge in [0.2, 0.25) is 0 Å². The summed E-state index contributed by atoms with van der Waals surface area (Å²) >= 11 is 0. The first-order valence-corrected chi connectivity index (χ1v) is 9.17. The molecule has 7 heteroatoms. The Hall–Kier alpha value is -3.22. The molecular formula is C21H24N2O5. The van der Waals surface area contributed by atoms with E-state index in [2.05, 4.69) is 5.32 Å². The number of nitrogens with zero attached hydrogens (tertiary/aromatic N) is 1. The predicted octanol–water partition coefficient (Wildman–Crippen LogP) is 3.52. The van der Waals surface area contributed by atoms with Crippen LogP contribution in [0, 0.1) is 0 Å². The number of carboxylic acids is 1. The lowest BCUT2D eigenvalue weighted by Gasteiger charge is -2.41. The minimum absolute atomic E-state index is 0.0206. The number of amides is 1. The maximum absolute atomic E-state index is 13.2. The van der Waals surface area contributed by atoms with E-state index in [1.165, 1.54) is 7.11 Å². The lowest BCUT2D eigenvalue weighted by atomic mass is 10.0. The van der Waals surface area contributed by atoms with E-state index in [0.717, 1.165) is 17.7 Å². The molecule has 2 N–H and O–H groups in total. The van der Waals surface area contributed by atoms with E-state index in [-0.39, 0.29) is 18.1 Å². The van der Waals surface area contributed by atoms with E-state index < -0.39 is 12.6 Å². The van der Waals surface area contributed by atoms with Gasteiger partial charge in [-0.25, -0.2) is 4.79 Å². The number of hydrogen-bond acceptors (Lipinski definition) is 5. The molecule has 148 valence electrons. The summed E-state index contributed by atoms with van der Waals surface area (Å²) in [6.45, 7) is 3.60. The Bertz CT molecular complexity index is 883. The molecule has 0 aliphatic carbocycles. The first kappa shape index (κ1) is 19.5. The highest BCUT2D eigenvalue weighted by Gasteiger charge is 2.35. The van der Waals surface area contributed by atoms with E-state index in [0.29, 0.717) is 17.1 Å². The van der Waals surface area contributed by atoms with Crippen LogP contribution in [0.15, 0.2) is 42.5 Å². The van der Waals surface area contributed by atoms with Crippen LogP contribution in [0.25, 0.3) is 0 Å². The fraction of sp³-hybridized carbons (Fsp3) is 0.333. The zero-order valence-electron chi connectivity index (χ0n) is 16.1. The van der Waals surface area contributed by atoms with Crippen molar-refractivity contribution in [2.75, 3.05) is 19.0 Å². The molecule has 1 aliphatic rings. The smallest absolute Gasteiger partial charge is 0.341 e. The number of fused-ring (bicyclic) bond motifs is 1. The van der Waals surface area contributed by atoms with Crippen LogP contribution >= 0.6 is 0 Å². The Morgan fingerprint density at radius 3 is 2.68 bits per heavy atom. The Morgan fingerprint density at radius 1 is 1.25 bits per heavy atom. The number of ether oxygens (including phenoxy) is 2. The number of methoxy groups -OCH3 is 1. The molecule has 1 amide bonds. The maximum atomic E-state index is 13.2. The number of benzene rings is 2. The van der Waals surface area contributed by atoms with Gasteiger partial charge in [-0.3, -0.25) is 4.79 Å². The molecule has 7 nitrogen and oxygen atoms in total. The summed E-state index contributed by atoms with van der Waals surface area (Å²) in [5, 5.41) is 12.3. The number of nitrogens with one attached hydrogen (secondary N) is 1. The average molecular weight is 384 g/mol. The van der Waals surface area contributed by atoms with Crippen LogP contribution in [0.5, 0.6) is 11.5 Å². The molecule has 0 saturated heterocycles. The highest BCUT2D eigenvalue weighted by Crippen LogP contribution is 2.38. The lowest BCUT2D eigenvalue weighted by Crippen LogP contribution is -2.47. The minimum Gasteiger partial charge on any atom is -0.493 e. The number of carboxylic acid groups (broad SMARTS) is 1. The second-order valence-corrected chi connectivity index (χ2v) is 6.65. The third-order valence-corrected chi connectivity index (χ3v) is 4.88. The van der Waals surface area contributed by atoms with E-state index in [1.54, 1.807) is 12.1 Å². The van der Waals surface area contributed by atoms with Gasteiger partial charge in [0.1, 0.15) is 6.17 Å². The van der Waals surface area contributed by atoms with Crippen LogP contribution in [-0.4, -0.2) is 41.6 Å². The number of hydrogen-bond donors (Lipinski definition) is 2. The topological polar surface area (TPSA) is 88.1 Å². The van der Waals surface area contributed by atoms with Crippen LogP contribution in [0.4, 0.5) is 5.69 Å². The lowest BCUT2D eigenvalue weighted by molar-refractivity contribution is -0.139. The summed E-state index contributed by atoms with van der Waals surface area (Å²) in [5.41, 5.74) is 2.25.